The van der Waals surface area contributed by atoms with Gasteiger partial charge in [-0.05, 0) is 0 Å². The van der Waals surface area contributed by atoms with E-state index < -0.39 is 7.87 Å². The predicted octanol–water partition coefficient (Wildman–Crippen LogP) is 6.47. The van der Waals surface area contributed by atoms with Crippen molar-refractivity contribution in [1.29, 1.82) is 0 Å². The first-order valence-electron chi connectivity index (χ1n) is 13.9. The van der Waals surface area contributed by atoms with Crippen molar-refractivity contribution in [3.05, 3.63) is 144 Å². The molecule has 0 unspecified atom stereocenters. The summed E-state index contributed by atoms with van der Waals surface area (Å²) in [5.41, 5.74) is 4.38. The van der Waals surface area contributed by atoms with Crippen molar-refractivity contribution in [2.75, 3.05) is 0 Å². The number of hydrogen-bond donors (Lipinski definition) is 4. The third-order valence-electron chi connectivity index (χ3n) is 8.82. The van der Waals surface area contributed by atoms with Gasteiger partial charge in [-0.25, -0.2) is 0 Å². The van der Waals surface area contributed by atoms with E-state index in [9.17, 15) is 0 Å². The van der Waals surface area contributed by atoms with Gasteiger partial charge in [-0.2, -0.15) is 0 Å². The summed E-state index contributed by atoms with van der Waals surface area (Å²) in [6, 6.07) is 44.2. The van der Waals surface area contributed by atoms with Gasteiger partial charge in [-0.1, -0.05) is 0 Å². The molecule has 6 rings (SSSR count). The van der Waals surface area contributed by atoms with Crippen LogP contribution in [0.2, 0.25) is 0 Å². The minimum atomic E-state index is -2.68. The van der Waals surface area contributed by atoms with E-state index in [1.807, 2.05) is 0 Å². The maximum absolute atomic E-state index is 4.31. The number of hydrogen-bond acceptors (Lipinski definition) is 4. The summed E-state index contributed by atoms with van der Waals surface area (Å²) >= 11 is 0. The van der Waals surface area contributed by atoms with Crippen molar-refractivity contribution in [3.8, 4) is 0 Å². The van der Waals surface area contributed by atoms with Gasteiger partial charge in [0.2, 0.25) is 0 Å². The number of nitrogens with one attached hydrogen (secondary N) is 4. The van der Waals surface area contributed by atoms with Crippen LogP contribution in [0, 0.1) is 5.92 Å². The van der Waals surface area contributed by atoms with Crippen LogP contribution in [0.15, 0.2) is 121 Å². The van der Waals surface area contributed by atoms with Gasteiger partial charge in [0.05, 0.1) is 0 Å². The normalized spacial score (nSPS) is 24.7. The Morgan fingerprint density at radius 1 is 0.605 bits per heavy atom. The molecule has 4 aromatic rings. The third kappa shape index (κ3) is 3.95. The molecule has 0 aliphatic carbocycles. The van der Waals surface area contributed by atoms with E-state index in [1.54, 1.807) is 0 Å². The first-order valence-corrected chi connectivity index (χ1v) is 15.9. The van der Waals surface area contributed by atoms with Crippen LogP contribution in [0.25, 0.3) is 0 Å². The molecule has 1 spiro atoms. The molecular formula is C33H39N4P. The monoisotopic (exact) mass is 522 g/mol. The van der Waals surface area contributed by atoms with Crippen LogP contribution in [-0.2, 0) is 11.1 Å². The molecule has 4 aromatic carbocycles. The molecule has 2 fully saturated rings. The Bertz CT molecular complexity index is 1270. The van der Waals surface area contributed by atoms with E-state index in [2.05, 4.69) is 162 Å². The summed E-state index contributed by atoms with van der Waals surface area (Å²) < 4.78 is 0. The van der Waals surface area contributed by atoms with E-state index in [-0.39, 0.29) is 23.2 Å². The van der Waals surface area contributed by atoms with E-state index in [0.29, 0.717) is 5.92 Å². The topological polar surface area (TPSA) is 48.1 Å². The molecule has 0 amide bonds. The van der Waals surface area contributed by atoms with Gasteiger partial charge in [-0.15, -0.1) is 0 Å². The second kappa shape index (κ2) is 10.0. The van der Waals surface area contributed by atoms with Gasteiger partial charge in [-0.3, -0.25) is 0 Å². The first-order chi connectivity index (χ1) is 18.5. The van der Waals surface area contributed by atoms with Gasteiger partial charge in [0, 0.05) is 0 Å². The molecule has 2 aliphatic heterocycles. The molecule has 0 bridgehead atoms. The minimum absolute atomic E-state index is 0.152. The van der Waals surface area contributed by atoms with E-state index in [1.165, 1.54) is 22.3 Å². The predicted molar refractivity (Wildman–Crippen MR) is 161 cm³/mol. The van der Waals surface area contributed by atoms with Crippen LogP contribution in [0.1, 0.15) is 49.4 Å². The Labute approximate surface area is 227 Å². The zero-order valence-electron chi connectivity index (χ0n) is 22.5. The Morgan fingerprint density at radius 2 is 0.974 bits per heavy atom. The van der Waals surface area contributed by atoms with Crippen LogP contribution in [0.4, 0.5) is 0 Å². The van der Waals surface area contributed by atoms with Crippen molar-refractivity contribution in [2.45, 2.75) is 50.4 Å². The van der Waals surface area contributed by atoms with Crippen molar-refractivity contribution in [1.82, 2.24) is 20.3 Å². The zero-order valence-corrected chi connectivity index (χ0v) is 23.5. The third-order valence-corrected chi connectivity index (χ3v) is 12.0. The Kier molecular flexibility index (Phi) is 6.72. The molecule has 2 aliphatic rings. The Balaban J connectivity index is 1.54. The summed E-state index contributed by atoms with van der Waals surface area (Å²) in [6.07, 6.45) is 1.09. The fraction of sp³-hybridized carbons (Fsp3) is 0.273. The molecule has 0 aromatic heterocycles. The Hall–Kier alpha value is -2.85. The van der Waals surface area contributed by atoms with Crippen molar-refractivity contribution in [3.63, 3.8) is 0 Å². The molecular weight excluding hydrogens is 483 g/mol. The van der Waals surface area contributed by atoms with Gasteiger partial charge < -0.3 is 0 Å². The number of benzene rings is 4. The van der Waals surface area contributed by atoms with Crippen LogP contribution < -0.4 is 20.3 Å². The average molecular weight is 523 g/mol. The fourth-order valence-corrected chi connectivity index (χ4v) is 11.3. The van der Waals surface area contributed by atoms with Gasteiger partial charge in [0.1, 0.15) is 0 Å². The average Bonchev–Trinajstić information content (AvgIpc) is 3.48. The molecule has 2 heterocycles. The molecule has 5 heteroatoms. The molecule has 0 saturated carbocycles. The van der Waals surface area contributed by atoms with Gasteiger partial charge in [0.15, 0.2) is 0 Å². The quantitative estimate of drug-likeness (QED) is 0.219. The molecule has 3 atom stereocenters. The summed E-state index contributed by atoms with van der Waals surface area (Å²) in [6.45, 7) is 7.00. The number of rotatable bonds is 6. The molecule has 196 valence electrons. The van der Waals surface area contributed by atoms with Crippen LogP contribution in [0.5, 0.6) is 0 Å². The van der Waals surface area contributed by atoms with E-state index in [4.69, 9.17) is 0 Å². The second-order valence-electron chi connectivity index (χ2n) is 11.0. The molecule has 2 saturated heterocycles. The van der Waals surface area contributed by atoms with E-state index >= 15 is 0 Å². The van der Waals surface area contributed by atoms with Gasteiger partial charge in [0.25, 0.3) is 0 Å². The zero-order chi connectivity index (χ0) is 26.2. The van der Waals surface area contributed by atoms with Crippen molar-refractivity contribution >= 4 is 7.87 Å². The Morgan fingerprint density at radius 3 is 1.37 bits per heavy atom. The fourth-order valence-electron chi connectivity index (χ4n) is 6.86. The van der Waals surface area contributed by atoms with Crippen molar-refractivity contribution < 1.29 is 0 Å². The molecule has 4 N–H and O–H groups in total. The van der Waals surface area contributed by atoms with E-state index in [0.717, 1.165) is 6.42 Å². The summed E-state index contributed by atoms with van der Waals surface area (Å²) in [5, 5.41) is 16.9. The maximum atomic E-state index is 4.31. The summed E-state index contributed by atoms with van der Waals surface area (Å²) in [4.78, 5) is 0. The van der Waals surface area contributed by atoms with Crippen LogP contribution in [0.3, 0.4) is 0 Å². The summed E-state index contributed by atoms with van der Waals surface area (Å²) in [7, 11) is -2.68. The summed E-state index contributed by atoms with van der Waals surface area (Å²) in [5.74, 6) is 0.442. The molecule has 38 heavy (non-hydrogen) atoms. The van der Waals surface area contributed by atoms with Crippen molar-refractivity contribution in [2.24, 2.45) is 5.92 Å². The van der Waals surface area contributed by atoms with Crippen LogP contribution >= 0.6 is 7.87 Å². The second-order valence-corrected chi connectivity index (χ2v) is 13.5. The van der Waals surface area contributed by atoms with Crippen LogP contribution in [-0.4, -0.2) is 12.1 Å². The molecule has 0 radical (unpaired) electrons. The standard InChI is InChI=1S/C33H39N4P/c1-4-25(2)31-33(29-21-13-7-14-22-29,30-23-15-8-16-24-30)37-38(35-31)34-26(3)32(36-38,27-17-9-5-10-18-27)28-19-11-6-12-20-28/h5-26,31,34-38H,4H2,1-3H3/t25-,26-,31-/m0/s1. The molecule has 4 nitrogen and oxygen atoms in total. The first kappa shape index (κ1) is 25.4. The SMILES string of the molecule is CC[C@H](C)[C@@H]1N[PH]2(N[C@@H](C)C(c3ccccc3)(c3ccccc3)N2)NC1(c1ccccc1)c1ccccc1. The van der Waals surface area contributed by atoms with Gasteiger partial charge >= 0.3 is 228 Å².